The summed E-state index contributed by atoms with van der Waals surface area (Å²) in [6.45, 7) is 12.4. The number of hydrogen-bond donors (Lipinski definition) is 1. The van der Waals surface area contributed by atoms with Crippen molar-refractivity contribution in [1.29, 1.82) is 0 Å². The van der Waals surface area contributed by atoms with E-state index >= 15 is 0 Å². The second-order valence-corrected chi connectivity index (χ2v) is 8.16. The molecule has 0 bridgehead atoms. The minimum Gasteiger partial charge on any atom is -0.507 e. The van der Waals surface area contributed by atoms with Gasteiger partial charge in [0.25, 0.3) is 11.7 Å². The highest BCUT2D eigenvalue weighted by molar-refractivity contribution is 6.46. The van der Waals surface area contributed by atoms with E-state index in [4.69, 9.17) is 9.15 Å². The third-order valence-electron chi connectivity index (χ3n) is 5.60. The fraction of sp³-hybridized carbons (Fsp3) is 0.440. The summed E-state index contributed by atoms with van der Waals surface area (Å²) in [5.74, 6) is 0.120. The number of carbonyl (C=O) groups excluding carboxylic acids is 2. The monoisotopic (exact) mass is 440 g/mol. The van der Waals surface area contributed by atoms with Crippen LogP contribution < -0.4 is 4.74 Å². The quantitative estimate of drug-likeness (QED) is 0.358. The average molecular weight is 441 g/mol. The fourth-order valence-electron chi connectivity index (χ4n) is 3.94. The number of ether oxygens (including phenoxy) is 1. The second kappa shape index (κ2) is 10.0. The lowest BCUT2D eigenvalue weighted by atomic mass is 9.99. The maximum absolute atomic E-state index is 13.1. The van der Waals surface area contributed by atoms with Crippen LogP contribution in [0.15, 0.2) is 46.4 Å². The number of likely N-dealkylation sites (tertiary alicyclic amines) is 1. The number of aryl methyl sites for hydroxylation is 1. The third kappa shape index (κ3) is 4.88. The van der Waals surface area contributed by atoms with Crippen molar-refractivity contribution in [2.45, 2.75) is 46.8 Å². The molecule has 1 aromatic carbocycles. The van der Waals surface area contributed by atoms with Crippen LogP contribution in [0.5, 0.6) is 5.75 Å². The normalized spacial score (nSPS) is 18.2. The molecule has 172 valence electrons. The molecule has 1 aliphatic rings. The molecule has 1 saturated heterocycles. The van der Waals surface area contributed by atoms with E-state index in [0.717, 1.165) is 13.1 Å². The number of aliphatic hydroxyl groups excluding tert-OH is 1. The lowest BCUT2D eigenvalue weighted by Crippen LogP contribution is -2.37. The number of carbonyl (C=O) groups is 2. The van der Waals surface area contributed by atoms with Gasteiger partial charge < -0.3 is 24.1 Å². The van der Waals surface area contributed by atoms with Crippen LogP contribution in [0.2, 0.25) is 0 Å². The molecular formula is C25H32N2O5. The molecule has 7 heteroatoms. The SMILES string of the molecule is CCN(CC)CCN1C(=O)C(=O)/C(=C(\O)c2cccc(OC(C)C)c2)C1c1ccc(C)o1. The van der Waals surface area contributed by atoms with Gasteiger partial charge >= 0.3 is 0 Å². The minimum atomic E-state index is -0.783. The van der Waals surface area contributed by atoms with Gasteiger partial charge in [-0.25, -0.2) is 0 Å². The van der Waals surface area contributed by atoms with E-state index in [2.05, 4.69) is 18.7 Å². The molecule has 7 nitrogen and oxygen atoms in total. The standard InChI is InChI=1S/C25H32N2O5/c1-6-26(7-2)13-14-27-22(20-12-11-17(5)32-20)21(24(29)25(27)30)23(28)18-9-8-10-19(15-18)31-16(3)4/h8-12,15-16,22,28H,6-7,13-14H2,1-5H3/b23-21-. The van der Waals surface area contributed by atoms with E-state index in [-0.39, 0.29) is 17.4 Å². The number of hydrogen-bond acceptors (Lipinski definition) is 6. The van der Waals surface area contributed by atoms with Crippen molar-refractivity contribution >= 4 is 17.4 Å². The number of furan rings is 1. The predicted octanol–water partition coefficient (Wildman–Crippen LogP) is 4.14. The molecule has 1 fully saturated rings. The van der Waals surface area contributed by atoms with Crippen molar-refractivity contribution in [3.8, 4) is 5.75 Å². The summed E-state index contributed by atoms with van der Waals surface area (Å²) in [6, 6.07) is 9.65. The van der Waals surface area contributed by atoms with E-state index in [0.29, 0.717) is 35.9 Å². The summed E-state index contributed by atoms with van der Waals surface area (Å²) >= 11 is 0. The zero-order valence-electron chi connectivity index (χ0n) is 19.4. The van der Waals surface area contributed by atoms with E-state index in [1.54, 1.807) is 43.3 Å². The van der Waals surface area contributed by atoms with Gasteiger partial charge in [0.15, 0.2) is 0 Å². The Morgan fingerprint density at radius 1 is 1.19 bits per heavy atom. The number of likely N-dealkylation sites (N-methyl/N-ethyl adjacent to an activating group) is 1. The number of ketones is 1. The summed E-state index contributed by atoms with van der Waals surface area (Å²) < 4.78 is 11.5. The number of amides is 1. The lowest BCUT2D eigenvalue weighted by molar-refractivity contribution is -0.140. The first-order valence-electron chi connectivity index (χ1n) is 11.1. The molecule has 0 saturated carbocycles. The number of Topliss-reactive ketones (excluding diaryl/α,β-unsaturated/α-hetero) is 1. The third-order valence-corrected chi connectivity index (χ3v) is 5.60. The van der Waals surface area contributed by atoms with Crippen LogP contribution in [0, 0.1) is 6.92 Å². The Morgan fingerprint density at radius 3 is 2.50 bits per heavy atom. The average Bonchev–Trinajstić information content (AvgIpc) is 3.29. The number of nitrogens with zero attached hydrogens (tertiary/aromatic N) is 2. The molecule has 1 amide bonds. The van der Waals surface area contributed by atoms with Crippen molar-refractivity contribution in [2.75, 3.05) is 26.2 Å². The number of aliphatic hydroxyl groups is 1. The van der Waals surface area contributed by atoms with Crippen LogP contribution in [0.25, 0.3) is 5.76 Å². The molecule has 0 radical (unpaired) electrons. The maximum Gasteiger partial charge on any atom is 0.295 e. The van der Waals surface area contributed by atoms with Crippen LogP contribution in [0.3, 0.4) is 0 Å². The van der Waals surface area contributed by atoms with E-state index in [9.17, 15) is 14.7 Å². The predicted molar refractivity (Wildman–Crippen MR) is 122 cm³/mol. The molecule has 1 N–H and O–H groups in total. The number of rotatable bonds is 9. The molecule has 1 atom stereocenters. The van der Waals surface area contributed by atoms with Gasteiger partial charge in [-0.3, -0.25) is 9.59 Å². The highest BCUT2D eigenvalue weighted by Gasteiger charge is 2.47. The maximum atomic E-state index is 13.1. The first-order chi connectivity index (χ1) is 15.3. The van der Waals surface area contributed by atoms with Crippen molar-refractivity contribution in [3.63, 3.8) is 0 Å². The Bertz CT molecular complexity index is 1000. The van der Waals surface area contributed by atoms with Gasteiger partial charge in [0.2, 0.25) is 0 Å². The molecule has 1 aromatic heterocycles. The minimum absolute atomic E-state index is 0.0330. The summed E-state index contributed by atoms with van der Waals surface area (Å²) in [4.78, 5) is 29.7. The van der Waals surface area contributed by atoms with E-state index < -0.39 is 17.7 Å². The topological polar surface area (TPSA) is 83.2 Å². The zero-order valence-corrected chi connectivity index (χ0v) is 19.4. The van der Waals surface area contributed by atoms with Crippen LogP contribution in [0.4, 0.5) is 0 Å². The first kappa shape index (κ1) is 23.6. The summed E-state index contributed by atoms with van der Waals surface area (Å²) in [7, 11) is 0. The van der Waals surface area contributed by atoms with Crippen LogP contribution >= 0.6 is 0 Å². The van der Waals surface area contributed by atoms with Gasteiger partial charge in [-0.15, -0.1) is 0 Å². The van der Waals surface area contributed by atoms with Crippen molar-refractivity contribution in [1.82, 2.24) is 9.80 Å². The molecule has 1 aliphatic heterocycles. The van der Waals surface area contributed by atoms with Crippen LogP contribution in [-0.4, -0.2) is 58.9 Å². The van der Waals surface area contributed by atoms with E-state index in [1.807, 2.05) is 13.8 Å². The molecule has 3 rings (SSSR count). The molecule has 2 heterocycles. The Labute approximate surface area is 189 Å². The smallest absolute Gasteiger partial charge is 0.295 e. The zero-order chi connectivity index (χ0) is 23.4. The molecule has 1 unspecified atom stereocenters. The summed E-state index contributed by atoms with van der Waals surface area (Å²) in [5.41, 5.74) is 0.448. The van der Waals surface area contributed by atoms with Crippen molar-refractivity contribution in [3.05, 3.63) is 59.1 Å². The van der Waals surface area contributed by atoms with Gasteiger partial charge in [-0.2, -0.15) is 0 Å². The molecule has 2 aromatic rings. The van der Waals surface area contributed by atoms with Gasteiger partial charge in [-0.1, -0.05) is 26.0 Å². The largest absolute Gasteiger partial charge is 0.507 e. The van der Waals surface area contributed by atoms with Gasteiger partial charge in [0.05, 0.1) is 11.7 Å². The van der Waals surface area contributed by atoms with Gasteiger partial charge in [0.1, 0.15) is 29.1 Å². The van der Waals surface area contributed by atoms with Crippen LogP contribution in [0.1, 0.15) is 50.8 Å². The Kier molecular flexibility index (Phi) is 7.40. The first-order valence-corrected chi connectivity index (χ1v) is 11.1. The van der Waals surface area contributed by atoms with E-state index in [1.165, 1.54) is 4.90 Å². The van der Waals surface area contributed by atoms with Crippen LogP contribution in [-0.2, 0) is 9.59 Å². The molecule has 0 aliphatic carbocycles. The number of benzene rings is 1. The second-order valence-electron chi connectivity index (χ2n) is 8.16. The van der Waals surface area contributed by atoms with Crippen molar-refractivity contribution in [2.24, 2.45) is 0 Å². The summed E-state index contributed by atoms with van der Waals surface area (Å²) in [5, 5.41) is 11.2. The molecular weight excluding hydrogens is 408 g/mol. The highest BCUT2D eigenvalue weighted by atomic mass is 16.5. The molecule has 32 heavy (non-hydrogen) atoms. The Morgan fingerprint density at radius 2 is 1.91 bits per heavy atom. The fourth-order valence-corrected chi connectivity index (χ4v) is 3.94. The van der Waals surface area contributed by atoms with Gasteiger partial charge in [0, 0.05) is 18.7 Å². The molecule has 0 spiro atoms. The lowest BCUT2D eigenvalue weighted by Gasteiger charge is -2.26. The Balaban J connectivity index is 2.06. The Hall–Kier alpha value is -3.06. The van der Waals surface area contributed by atoms with Crippen molar-refractivity contribution < 1.29 is 23.8 Å². The highest BCUT2D eigenvalue weighted by Crippen LogP contribution is 2.40. The summed E-state index contributed by atoms with van der Waals surface area (Å²) in [6.07, 6.45) is -0.0378. The van der Waals surface area contributed by atoms with Gasteiger partial charge in [-0.05, 0) is 58.1 Å².